The maximum Gasteiger partial charge on any atom is 0.248 e. The summed E-state index contributed by atoms with van der Waals surface area (Å²) in [5, 5.41) is 0. The number of hydrogen-bond acceptors (Lipinski definition) is 5. The minimum absolute atomic E-state index is 0.0285. The first-order valence-corrected chi connectivity index (χ1v) is 6.48. The number of ether oxygens (including phenoxy) is 3. The third kappa shape index (κ3) is 3.20. The van der Waals surface area contributed by atoms with Gasteiger partial charge in [0, 0.05) is 24.7 Å². The maximum absolute atomic E-state index is 11.7. The average molecular weight is 280 g/mol. The van der Waals surface area contributed by atoms with E-state index in [1.165, 1.54) is 0 Å². The van der Waals surface area contributed by atoms with E-state index in [1.807, 2.05) is 12.1 Å². The number of hydrogen-bond donors (Lipinski definition) is 1. The fourth-order valence-corrected chi connectivity index (χ4v) is 2.20. The summed E-state index contributed by atoms with van der Waals surface area (Å²) in [6.07, 6.45) is 0. The summed E-state index contributed by atoms with van der Waals surface area (Å²) in [6.45, 7) is 1.71. The van der Waals surface area contributed by atoms with E-state index in [9.17, 15) is 4.79 Å². The van der Waals surface area contributed by atoms with Crippen molar-refractivity contribution in [2.24, 2.45) is 5.73 Å². The smallest absolute Gasteiger partial charge is 0.248 e. The lowest BCUT2D eigenvalue weighted by atomic mass is 10.1. The van der Waals surface area contributed by atoms with Crippen LogP contribution in [0.4, 0.5) is 0 Å². The van der Waals surface area contributed by atoms with Crippen molar-refractivity contribution in [1.29, 1.82) is 0 Å². The van der Waals surface area contributed by atoms with E-state index in [0.29, 0.717) is 31.2 Å². The van der Waals surface area contributed by atoms with Crippen LogP contribution in [0, 0.1) is 0 Å². The molecular formula is C14H20N2O4. The van der Waals surface area contributed by atoms with Crippen molar-refractivity contribution in [2.75, 3.05) is 40.5 Å². The molecule has 6 nitrogen and oxygen atoms in total. The van der Waals surface area contributed by atoms with E-state index >= 15 is 0 Å². The topological polar surface area (TPSA) is 74.0 Å². The molecule has 0 aromatic heterocycles. The van der Waals surface area contributed by atoms with Crippen LogP contribution in [0.1, 0.15) is 11.6 Å². The quantitative estimate of drug-likeness (QED) is 0.853. The van der Waals surface area contributed by atoms with Crippen LogP contribution in [0.5, 0.6) is 11.5 Å². The number of nitrogens with zero attached hydrogens (tertiary/aromatic N) is 1. The van der Waals surface area contributed by atoms with Crippen molar-refractivity contribution < 1.29 is 19.0 Å². The van der Waals surface area contributed by atoms with Gasteiger partial charge < -0.3 is 24.8 Å². The Morgan fingerprint density at radius 2 is 2.20 bits per heavy atom. The molecule has 0 bridgehead atoms. The highest BCUT2D eigenvalue weighted by Crippen LogP contribution is 2.29. The third-order valence-electron chi connectivity index (χ3n) is 3.34. The second-order valence-corrected chi connectivity index (χ2v) is 4.61. The fourth-order valence-electron chi connectivity index (χ4n) is 2.20. The van der Waals surface area contributed by atoms with Crippen molar-refractivity contribution in [3.63, 3.8) is 0 Å². The van der Waals surface area contributed by atoms with Gasteiger partial charge in [-0.15, -0.1) is 0 Å². The summed E-state index contributed by atoms with van der Waals surface area (Å²) in [5.41, 5.74) is 7.05. The zero-order valence-corrected chi connectivity index (χ0v) is 11.8. The predicted octanol–water partition coefficient (Wildman–Crippen LogP) is 0.562. The van der Waals surface area contributed by atoms with Crippen LogP contribution >= 0.6 is 0 Å². The lowest BCUT2D eigenvalue weighted by molar-refractivity contribution is -0.142. The first-order valence-electron chi connectivity index (χ1n) is 6.48. The molecule has 0 aliphatic carbocycles. The standard InChI is InChI=1S/C14H20N2O4/c1-18-10-3-4-11(13(7-10)19-2)12(15)8-16-5-6-20-9-14(16)17/h3-4,7,12H,5-6,8-9,15H2,1-2H3. The summed E-state index contributed by atoms with van der Waals surface area (Å²) in [5.74, 6) is 1.34. The van der Waals surface area contributed by atoms with Crippen LogP contribution in [-0.2, 0) is 9.53 Å². The second kappa shape index (κ2) is 6.58. The maximum atomic E-state index is 11.7. The molecule has 1 aromatic rings. The van der Waals surface area contributed by atoms with Crippen LogP contribution < -0.4 is 15.2 Å². The van der Waals surface area contributed by atoms with E-state index < -0.39 is 0 Å². The Morgan fingerprint density at radius 1 is 1.40 bits per heavy atom. The van der Waals surface area contributed by atoms with Gasteiger partial charge in [0.25, 0.3) is 0 Å². The van der Waals surface area contributed by atoms with E-state index in [-0.39, 0.29) is 18.6 Å². The molecule has 6 heteroatoms. The molecule has 1 aromatic carbocycles. The number of morpholine rings is 1. The molecule has 1 saturated heterocycles. The molecule has 110 valence electrons. The number of benzene rings is 1. The molecule has 0 radical (unpaired) electrons. The highest BCUT2D eigenvalue weighted by atomic mass is 16.5. The summed E-state index contributed by atoms with van der Waals surface area (Å²) in [7, 11) is 3.19. The Bertz CT molecular complexity index is 478. The SMILES string of the molecule is COc1ccc(C(N)CN2CCOCC2=O)c(OC)c1. The highest BCUT2D eigenvalue weighted by molar-refractivity contribution is 5.78. The first kappa shape index (κ1) is 14.6. The normalized spacial score (nSPS) is 16.9. The number of nitrogens with two attached hydrogens (primary N) is 1. The van der Waals surface area contributed by atoms with Crippen LogP contribution in [0.3, 0.4) is 0 Å². The number of amides is 1. The van der Waals surface area contributed by atoms with Crippen molar-refractivity contribution in [3.8, 4) is 11.5 Å². The molecule has 20 heavy (non-hydrogen) atoms. The Kier molecular flexibility index (Phi) is 4.81. The Balaban J connectivity index is 2.11. The third-order valence-corrected chi connectivity index (χ3v) is 3.34. The molecular weight excluding hydrogens is 260 g/mol. The molecule has 2 rings (SSSR count). The van der Waals surface area contributed by atoms with Crippen molar-refractivity contribution in [1.82, 2.24) is 4.90 Å². The monoisotopic (exact) mass is 280 g/mol. The molecule has 1 atom stereocenters. The number of methoxy groups -OCH3 is 2. The molecule has 1 aliphatic heterocycles. The van der Waals surface area contributed by atoms with Gasteiger partial charge in [0.15, 0.2) is 0 Å². The van der Waals surface area contributed by atoms with Gasteiger partial charge in [0.05, 0.1) is 26.9 Å². The average Bonchev–Trinajstić information content (AvgIpc) is 2.48. The predicted molar refractivity (Wildman–Crippen MR) is 73.9 cm³/mol. The highest BCUT2D eigenvalue weighted by Gasteiger charge is 2.22. The van der Waals surface area contributed by atoms with Crippen LogP contribution in [0.15, 0.2) is 18.2 Å². The van der Waals surface area contributed by atoms with Crippen molar-refractivity contribution >= 4 is 5.91 Å². The molecule has 1 amide bonds. The van der Waals surface area contributed by atoms with Crippen molar-refractivity contribution in [3.05, 3.63) is 23.8 Å². The molecule has 1 aliphatic rings. The minimum atomic E-state index is -0.307. The van der Waals surface area contributed by atoms with Gasteiger partial charge in [-0.2, -0.15) is 0 Å². The molecule has 0 spiro atoms. The van der Waals surface area contributed by atoms with Gasteiger partial charge in [0.1, 0.15) is 18.1 Å². The molecule has 1 fully saturated rings. The van der Waals surface area contributed by atoms with Gasteiger partial charge >= 0.3 is 0 Å². The van der Waals surface area contributed by atoms with Gasteiger partial charge in [-0.3, -0.25) is 4.79 Å². The van der Waals surface area contributed by atoms with Crippen LogP contribution in [-0.4, -0.2) is 51.3 Å². The van der Waals surface area contributed by atoms with Gasteiger partial charge in [-0.05, 0) is 6.07 Å². The van der Waals surface area contributed by atoms with E-state index in [1.54, 1.807) is 25.2 Å². The van der Waals surface area contributed by atoms with Crippen LogP contribution in [0.25, 0.3) is 0 Å². The minimum Gasteiger partial charge on any atom is -0.497 e. The van der Waals surface area contributed by atoms with Crippen molar-refractivity contribution in [2.45, 2.75) is 6.04 Å². The van der Waals surface area contributed by atoms with E-state index in [4.69, 9.17) is 19.9 Å². The zero-order chi connectivity index (χ0) is 14.5. The van der Waals surface area contributed by atoms with Gasteiger partial charge in [-0.1, -0.05) is 6.07 Å². The van der Waals surface area contributed by atoms with Crippen LogP contribution in [0.2, 0.25) is 0 Å². The Labute approximate surface area is 118 Å². The molecule has 1 unspecified atom stereocenters. The first-order chi connectivity index (χ1) is 9.65. The van der Waals surface area contributed by atoms with E-state index in [2.05, 4.69) is 0 Å². The molecule has 2 N–H and O–H groups in total. The number of rotatable bonds is 5. The Morgan fingerprint density at radius 3 is 2.85 bits per heavy atom. The lowest BCUT2D eigenvalue weighted by Crippen LogP contribution is -2.44. The lowest BCUT2D eigenvalue weighted by Gasteiger charge is -2.29. The fraction of sp³-hybridized carbons (Fsp3) is 0.500. The second-order valence-electron chi connectivity index (χ2n) is 4.61. The molecule has 0 saturated carbocycles. The number of carbonyl (C=O) groups is 1. The molecule has 1 heterocycles. The summed E-state index contributed by atoms with van der Waals surface area (Å²) >= 11 is 0. The summed E-state index contributed by atoms with van der Waals surface area (Å²) in [4.78, 5) is 13.4. The van der Waals surface area contributed by atoms with E-state index in [0.717, 1.165) is 5.56 Å². The summed E-state index contributed by atoms with van der Waals surface area (Å²) < 4.78 is 15.6. The van der Waals surface area contributed by atoms with Gasteiger partial charge in [-0.25, -0.2) is 0 Å². The summed E-state index contributed by atoms with van der Waals surface area (Å²) in [6, 6.07) is 5.18. The van der Waals surface area contributed by atoms with Gasteiger partial charge in [0.2, 0.25) is 5.91 Å². The Hall–Kier alpha value is -1.79. The number of carbonyl (C=O) groups excluding carboxylic acids is 1. The zero-order valence-electron chi connectivity index (χ0n) is 11.8. The largest absolute Gasteiger partial charge is 0.497 e.